The number of dihydropyridines is 1. The van der Waals surface area contributed by atoms with Crippen molar-refractivity contribution in [1.29, 1.82) is 0 Å². The third kappa shape index (κ3) is 4.25. The van der Waals surface area contributed by atoms with Crippen LogP contribution in [-0.2, 0) is 23.9 Å². The number of nitrogens with zero attached hydrogens (tertiary/aromatic N) is 1. The Bertz CT molecular complexity index is 1150. The van der Waals surface area contributed by atoms with Gasteiger partial charge in [-0.25, -0.2) is 4.79 Å². The van der Waals surface area contributed by atoms with E-state index in [0.717, 1.165) is 5.56 Å². The third-order valence-electron chi connectivity index (χ3n) is 6.30. The number of rotatable bonds is 6. The van der Waals surface area contributed by atoms with Crippen molar-refractivity contribution in [2.75, 3.05) is 13.2 Å². The van der Waals surface area contributed by atoms with Gasteiger partial charge in [0.15, 0.2) is 5.78 Å². The molecule has 0 amide bonds. The monoisotopic (exact) mass is 460 g/mol. The van der Waals surface area contributed by atoms with Crippen LogP contribution in [-0.4, -0.2) is 35.9 Å². The van der Waals surface area contributed by atoms with Crippen molar-refractivity contribution in [3.05, 3.63) is 88.5 Å². The second kappa shape index (κ2) is 10.0. The molecule has 0 unspecified atom stereocenters. The highest BCUT2D eigenvalue weighted by Crippen LogP contribution is 2.48. The molecule has 0 bridgehead atoms. The first kappa shape index (κ1) is 23.4. The first-order chi connectivity index (χ1) is 16.5. The van der Waals surface area contributed by atoms with E-state index in [1.165, 1.54) is 0 Å². The number of aromatic nitrogens is 1. The van der Waals surface area contributed by atoms with Crippen LogP contribution in [0.4, 0.5) is 0 Å². The highest BCUT2D eigenvalue weighted by molar-refractivity contribution is 6.13. The molecule has 2 heterocycles. The van der Waals surface area contributed by atoms with Crippen LogP contribution in [0.15, 0.2) is 77.4 Å². The fourth-order valence-electron chi connectivity index (χ4n) is 4.91. The van der Waals surface area contributed by atoms with E-state index in [1.807, 2.05) is 36.4 Å². The minimum Gasteiger partial charge on any atom is -0.465 e. The molecule has 176 valence electrons. The van der Waals surface area contributed by atoms with Crippen molar-refractivity contribution >= 4 is 17.7 Å². The average molecular weight is 461 g/mol. The maximum atomic E-state index is 14.1. The van der Waals surface area contributed by atoms with Crippen LogP contribution in [0, 0.1) is 5.92 Å². The van der Waals surface area contributed by atoms with Crippen LogP contribution in [0.5, 0.6) is 0 Å². The number of ketones is 1. The van der Waals surface area contributed by atoms with Crippen molar-refractivity contribution < 1.29 is 23.9 Å². The Labute approximate surface area is 198 Å². The number of benzene rings is 1. The molecular formula is C27H28N2O5. The van der Waals surface area contributed by atoms with Crippen LogP contribution in [0.1, 0.15) is 50.2 Å². The lowest BCUT2D eigenvalue weighted by molar-refractivity contribution is -0.152. The van der Waals surface area contributed by atoms with E-state index >= 15 is 0 Å². The number of nitrogens with one attached hydrogen (secondary N) is 1. The van der Waals surface area contributed by atoms with Crippen molar-refractivity contribution in [3.8, 4) is 0 Å². The topological polar surface area (TPSA) is 94.6 Å². The first-order valence-electron chi connectivity index (χ1n) is 11.5. The lowest BCUT2D eigenvalue weighted by Gasteiger charge is -2.39. The van der Waals surface area contributed by atoms with E-state index < -0.39 is 23.8 Å². The summed E-state index contributed by atoms with van der Waals surface area (Å²) in [6.07, 6.45) is 3.71. The number of carbonyl (C=O) groups is 3. The van der Waals surface area contributed by atoms with Gasteiger partial charge in [-0.3, -0.25) is 14.6 Å². The van der Waals surface area contributed by atoms with E-state index in [9.17, 15) is 14.4 Å². The summed E-state index contributed by atoms with van der Waals surface area (Å²) in [5.74, 6) is -3.48. The van der Waals surface area contributed by atoms with E-state index in [2.05, 4.69) is 10.3 Å². The van der Waals surface area contributed by atoms with Gasteiger partial charge in [-0.05, 0) is 44.4 Å². The van der Waals surface area contributed by atoms with Gasteiger partial charge in [-0.2, -0.15) is 0 Å². The molecule has 7 heteroatoms. The molecule has 0 spiro atoms. The molecule has 34 heavy (non-hydrogen) atoms. The number of carbonyl (C=O) groups excluding carboxylic acids is 3. The van der Waals surface area contributed by atoms with Crippen LogP contribution >= 0.6 is 0 Å². The van der Waals surface area contributed by atoms with Gasteiger partial charge >= 0.3 is 11.9 Å². The standard InChI is InChI=1S/C27H28N2O5/c1-4-33-26(31)21-16(3)29-20-14-19(17-10-7-6-8-11-17)23(27(32)34-5-2)25(30)24(20)22(21)18-12-9-13-28-15-18/h6-13,15,19,22-23,29H,4-5,14H2,1-3H3/t19-,22+,23-/m0/s1. The van der Waals surface area contributed by atoms with Crippen molar-refractivity contribution in [1.82, 2.24) is 10.3 Å². The lowest BCUT2D eigenvalue weighted by Crippen LogP contribution is -2.43. The van der Waals surface area contributed by atoms with Crippen LogP contribution in [0.3, 0.4) is 0 Å². The van der Waals surface area contributed by atoms with Gasteiger partial charge in [0.25, 0.3) is 0 Å². The van der Waals surface area contributed by atoms with Gasteiger partial charge in [-0.1, -0.05) is 36.4 Å². The molecule has 2 aliphatic rings. The van der Waals surface area contributed by atoms with E-state index in [0.29, 0.717) is 34.5 Å². The number of Topliss-reactive ketones (excluding diaryl/α,β-unsaturated/α-hetero) is 1. The van der Waals surface area contributed by atoms with E-state index in [4.69, 9.17) is 9.47 Å². The number of pyridine rings is 1. The van der Waals surface area contributed by atoms with E-state index in [-0.39, 0.29) is 24.9 Å². The Hall–Kier alpha value is -3.74. The molecule has 2 aromatic rings. The fourth-order valence-corrected chi connectivity index (χ4v) is 4.91. The zero-order chi connectivity index (χ0) is 24.2. The fraction of sp³-hybridized carbons (Fsp3) is 0.333. The van der Waals surface area contributed by atoms with Gasteiger partial charge in [0, 0.05) is 41.2 Å². The summed E-state index contributed by atoms with van der Waals surface area (Å²) in [5, 5.41) is 3.29. The molecule has 4 rings (SSSR count). The second-order valence-electron chi connectivity index (χ2n) is 8.31. The Morgan fingerprint density at radius 1 is 1.03 bits per heavy atom. The molecule has 1 aromatic carbocycles. The number of hydrogen-bond donors (Lipinski definition) is 1. The Morgan fingerprint density at radius 3 is 2.38 bits per heavy atom. The molecular weight excluding hydrogens is 432 g/mol. The second-order valence-corrected chi connectivity index (χ2v) is 8.31. The third-order valence-corrected chi connectivity index (χ3v) is 6.30. The molecule has 1 aliphatic heterocycles. The maximum Gasteiger partial charge on any atom is 0.336 e. The van der Waals surface area contributed by atoms with Gasteiger partial charge in [0.2, 0.25) is 0 Å². The Morgan fingerprint density at radius 2 is 1.74 bits per heavy atom. The predicted octanol–water partition coefficient (Wildman–Crippen LogP) is 3.80. The molecule has 0 fully saturated rings. The van der Waals surface area contributed by atoms with Crippen molar-refractivity contribution in [3.63, 3.8) is 0 Å². The minimum absolute atomic E-state index is 0.174. The summed E-state index contributed by atoms with van der Waals surface area (Å²) >= 11 is 0. The first-order valence-corrected chi connectivity index (χ1v) is 11.5. The highest BCUT2D eigenvalue weighted by Gasteiger charge is 2.49. The predicted molar refractivity (Wildman–Crippen MR) is 125 cm³/mol. The van der Waals surface area contributed by atoms with Crippen LogP contribution in [0.25, 0.3) is 0 Å². The number of hydrogen-bond acceptors (Lipinski definition) is 7. The zero-order valence-electron chi connectivity index (χ0n) is 19.5. The summed E-state index contributed by atoms with van der Waals surface area (Å²) in [7, 11) is 0. The van der Waals surface area contributed by atoms with Crippen molar-refractivity contribution in [2.45, 2.75) is 39.0 Å². The van der Waals surface area contributed by atoms with Gasteiger partial charge in [0.05, 0.1) is 18.8 Å². The summed E-state index contributed by atoms with van der Waals surface area (Å²) in [4.78, 5) is 44.4. The molecule has 1 aliphatic carbocycles. The number of allylic oxidation sites excluding steroid dienone is 3. The van der Waals surface area contributed by atoms with E-state index in [1.54, 1.807) is 39.2 Å². The smallest absolute Gasteiger partial charge is 0.336 e. The largest absolute Gasteiger partial charge is 0.465 e. The zero-order valence-corrected chi connectivity index (χ0v) is 19.5. The maximum absolute atomic E-state index is 14.1. The van der Waals surface area contributed by atoms with Crippen molar-refractivity contribution in [2.24, 2.45) is 5.92 Å². The Kier molecular flexibility index (Phi) is 6.91. The highest BCUT2D eigenvalue weighted by atomic mass is 16.5. The molecule has 1 aromatic heterocycles. The van der Waals surface area contributed by atoms with Crippen LogP contribution in [0.2, 0.25) is 0 Å². The van der Waals surface area contributed by atoms with Gasteiger partial charge in [0.1, 0.15) is 5.92 Å². The normalized spacial score (nSPS) is 22.1. The average Bonchev–Trinajstić information content (AvgIpc) is 2.84. The number of esters is 2. The lowest BCUT2D eigenvalue weighted by atomic mass is 9.67. The summed E-state index contributed by atoms with van der Waals surface area (Å²) in [6.45, 7) is 5.64. The van der Waals surface area contributed by atoms with Gasteiger partial charge < -0.3 is 14.8 Å². The minimum atomic E-state index is -1.01. The quantitative estimate of drug-likeness (QED) is 0.518. The molecule has 3 atom stereocenters. The molecule has 1 N–H and O–H groups in total. The summed E-state index contributed by atoms with van der Waals surface area (Å²) in [5.41, 5.74) is 3.65. The molecule has 0 saturated carbocycles. The summed E-state index contributed by atoms with van der Waals surface area (Å²) in [6, 6.07) is 13.1. The SMILES string of the molecule is CCOC(=O)C1=C(C)NC2=C(C(=O)[C@@H](C(=O)OCC)[C@H](c3ccccc3)C2)[C@@H]1c1cccnc1. The Balaban J connectivity index is 1.88. The molecule has 0 radical (unpaired) electrons. The summed E-state index contributed by atoms with van der Waals surface area (Å²) < 4.78 is 10.7. The number of ether oxygens (including phenoxy) is 2. The molecule has 7 nitrogen and oxygen atoms in total. The molecule has 0 saturated heterocycles. The van der Waals surface area contributed by atoms with Gasteiger partial charge in [-0.15, -0.1) is 0 Å². The van der Waals surface area contributed by atoms with Crippen LogP contribution < -0.4 is 5.32 Å².